The Morgan fingerprint density at radius 1 is 1.61 bits per heavy atom. The van der Waals surface area contributed by atoms with Crippen LogP contribution in [0.15, 0.2) is 18.2 Å². The van der Waals surface area contributed by atoms with Gasteiger partial charge in [0.1, 0.15) is 5.82 Å². The molecule has 0 radical (unpaired) electrons. The van der Waals surface area contributed by atoms with E-state index in [0.717, 1.165) is 19.4 Å². The fraction of sp³-hybridized carbons (Fsp3) is 0.462. The fourth-order valence-corrected chi connectivity index (χ4v) is 2.41. The third-order valence-corrected chi connectivity index (χ3v) is 3.91. The molecule has 18 heavy (non-hydrogen) atoms. The van der Waals surface area contributed by atoms with Crippen LogP contribution in [0.25, 0.3) is 0 Å². The first-order valence-electron chi connectivity index (χ1n) is 6.04. The summed E-state index contributed by atoms with van der Waals surface area (Å²) < 4.78 is 13.1. The maximum Gasteiger partial charge on any atom is 0.231 e. The number of hydrogen-bond donors (Lipinski definition) is 2. The summed E-state index contributed by atoms with van der Waals surface area (Å²) in [7, 11) is 0. The molecule has 0 saturated carbocycles. The monoisotopic (exact) mass is 270 g/mol. The van der Waals surface area contributed by atoms with E-state index in [2.05, 4.69) is 10.6 Å². The number of amides is 1. The molecule has 1 fully saturated rings. The Labute approximate surface area is 111 Å². The summed E-state index contributed by atoms with van der Waals surface area (Å²) in [6.07, 6.45) is 1.54. The van der Waals surface area contributed by atoms with Crippen LogP contribution in [0.1, 0.15) is 19.8 Å². The zero-order valence-electron chi connectivity index (χ0n) is 10.2. The van der Waals surface area contributed by atoms with Gasteiger partial charge in [0.15, 0.2) is 0 Å². The van der Waals surface area contributed by atoms with Gasteiger partial charge in [-0.3, -0.25) is 4.79 Å². The first kappa shape index (κ1) is 13.3. The van der Waals surface area contributed by atoms with E-state index in [-0.39, 0.29) is 5.91 Å². The molecule has 5 heteroatoms. The highest BCUT2D eigenvalue weighted by Crippen LogP contribution is 2.32. The smallest absolute Gasteiger partial charge is 0.231 e. The first-order chi connectivity index (χ1) is 8.57. The molecule has 1 aromatic rings. The van der Waals surface area contributed by atoms with Crippen LogP contribution in [-0.4, -0.2) is 19.0 Å². The van der Waals surface area contributed by atoms with E-state index in [1.54, 1.807) is 0 Å². The van der Waals surface area contributed by atoms with E-state index < -0.39 is 11.2 Å². The van der Waals surface area contributed by atoms with Crippen LogP contribution < -0.4 is 10.6 Å². The summed E-state index contributed by atoms with van der Waals surface area (Å²) in [5, 5.41) is 6.27. The minimum atomic E-state index is -0.412. The normalized spacial score (nSPS) is 23.1. The van der Waals surface area contributed by atoms with Crippen molar-refractivity contribution in [1.29, 1.82) is 0 Å². The number of hydrogen-bond acceptors (Lipinski definition) is 2. The lowest BCUT2D eigenvalue weighted by molar-refractivity contribution is -0.124. The van der Waals surface area contributed by atoms with Gasteiger partial charge >= 0.3 is 0 Å². The van der Waals surface area contributed by atoms with E-state index >= 15 is 0 Å². The second-order valence-corrected chi connectivity index (χ2v) is 5.05. The molecule has 0 bridgehead atoms. The van der Waals surface area contributed by atoms with Crippen LogP contribution in [0.3, 0.4) is 0 Å². The molecule has 2 rings (SSSR count). The summed E-state index contributed by atoms with van der Waals surface area (Å²) >= 11 is 5.94. The molecule has 1 amide bonds. The molecular weight excluding hydrogens is 255 g/mol. The summed E-state index contributed by atoms with van der Waals surface area (Å²) in [6, 6.07) is 3.95. The molecular formula is C13H16ClFN2O. The van der Waals surface area contributed by atoms with Gasteiger partial charge in [0.05, 0.1) is 16.1 Å². The maximum atomic E-state index is 13.1. The van der Waals surface area contributed by atoms with E-state index in [0.29, 0.717) is 17.3 Å². The largest absolute Gasteiger partial charge is 0.324 e. The third-order valence-electron chi connectivity index (χ3n) is 3.58. The Morgan fingerprint density at radius 2 is 2.39 bits per heavy atom. The van der Waals surface area contributed by atoms with Crippen LogP contribution in [0.2, 0.25) is 5.02 Å². The topological polar surface area (TPSA) is 41.1 Å². The van der Waals surface area contributed by atoms with Gasteiger partial charge in [-0.2, -0.15) is 0 Å². The number of halogens is 2. The summed E-state index contributed by atoms with van der Waals surface area (Å²) in [4.78, 5) is 12.3. The number of benzene rings is 1. The molecule has 1 saturated heterocycles. The Bertz CT molecular complexity index is 458. The van der Waals surface area contributed by atoms with Crippen molar-refractivity contribution in [1.82, 2.24) is 5.32 Å². The minimum absolute atomic E-state index is 0.0949. The SMILES string of the molecule is CCC1(C(=O)Nc2cc(F)ccc2Cl)CCNC1. The van der Waals surface area contributed by atoms with Crippen molar-refractivity contribution >= 4 is 23.2 Å². The molecule has 98 valence electrons. The van der Waals surface area contributed by atoms with E-state index in [4.69, 9.17) is 11.6 Å². The molecule has 1 unspecified atom stereocenters. The predicted molar refractivity (Wildman–Crippen MR) is 70.3 cm³/mol. The summed E-state index contributed by atoms with van der Waals surface area (Å²) in [5.41, 5.74) is -0.0725. The quantitative estimate of drug-likeness (QED) is 0.887. The Kier molecular flexibility index (Phi) is 3.88. The molecule has 3 nitrogen and oxygen atoms in total. The Hall–Kier alpha value is -1.13. The van der Waals surface area contributed by atoms with Crippen LogP contribution in [0.5, 0.6) is 0 Å². The number of rotatable bonds is 3. The molecule has 2 N–H and O–H groups in total. The Morgan fingerprint density at radius 3 is 3.00 bits per heavy atom. The van der Waals surface area contributed by atoms with Crippen molar-refractivity contribution in [3.63, 3.8) is 0 Å². The maximum absolute atomic E-state index is 13.1. The van der Waals surface area contributed by atoms with E-state index in [9.17, 15) is 9.18 Å². The average molecular weight is 271 g/mol. The van der Waals surface area contributed by atoms with Crippen molar-refractivity contribution < 1.29 is 9.18 Å². The lowest BCUT2D eigenvalue weighted by Crippen LogP contribution is -2.37. The number of carbonyl (C=O) groups excluding carboxylic acids is 1. The average Bonchev–Trinajstić information content (AvgIpc) is 2.84. The van der Waals surface area contributed by atoms with Gasteiger partial charge in [0, 0.05) is 6.54 Å². The highest BCUT2D eigenvalue weighted by atomic mass is 35.5. The lowest BCUT2D eigenvalue weighted by Gasteiger charge is -2.25. The summed E-state index contributed by atoms with van der Waals surface area (Å²) in [6.45, 7) is 3.47. The number of nitrogens with one attached hydrogen (secondary N) is 2. The molecule has 0 aliphatic carbocycles. The standard InChI is InChI=1S/C13H16ClFN2O/c1-2-13(5-6-16-8-13)12(18)17-11-7-9(15)3-4-10(11)14/h3-4,7,16H,2,5-6,8H2,1H3,(H,17,18). The zero-order valence-corrected chi connectivity index (χ0v) is 11.0. The van der Waals surface area contributed by atoms with Gasteiger partial charge in [-0.15, -0.1) is 0 Å². The van der Waals surface area contributed by atoms with Crippen LogP contribution >= 0.6 is 11.6 Å². The van der Waals surface area contributed by atoms with Crippen molar-refractivity contribution in [2.24, 2.45) is 5.41 Å². The van der Waals surface area contributed by atoms with Crippen molar-refractivity contribution in [3.8, 4) is 0 Å². The minimum Gasteiger partial charge on any atom is -0.324 e. The highest BCUT2D eigenvalue weighted by Gasteiger charge is 2.39. The second kappa shape index (κ2) is 5.24. The fourth-order valence-electron chi connectivity index (χ4n) is 2.25. The molecule has 1 atom stereocenters. The van der Waals surface area contributed by atoms with Gasteiger partial charge < -0.3 is 10.6 Å². The molecule has 1 aliphatic heterocycles. The van der Waals surface area contributed by atoms with Crippen molar-refractivity contribution in [3.05, 3.63) is 29.0 Å². The van der Waals surface area contributed by atoms with Crippen LogP contribution in [0, 0.1) is 11.2 Å². The first-order valence-corrected chi connectivity index (χ1v) is 6.42. The molecule has 0 spiro atoms. The van der Waals surface area contributed by atoms with Gasteiger partial charge in [-0.25, -0.2) is 4.39 Å². The van der Waals surface area contributed by atoms with Gasteiger partial charge in [-0.1, -0.05) is 18.5 Å². The third kappa shape index (κ3) is 2.49. The van der Waals surface area contributed by atoms with E-state index in [1.807, 2.05) is 6.92 Å². The number of carbonyl (C=O) groups is 1. The van der Waals surface area contributed by atoms with Crippen molar-refractivity contribution in [2.45, 2.75) is 19.8 Å². The van der Waals surface area contributed by atoms with E-state index in [1.165, 1.54) is 18.2 Å². The molecule has 1 heterocycles. The zero-order chi connectivity index (χ0) is 13.2. The lowest BCUT2D eigenvalue weighted by atomic mass is 9.83. The van der Waals surface area contributed by atoms with Gasteiger partial charge in [-0.05, 0) is 37.6 Å². The second-order valence-electron chi connectivity index (χ2n) is 4.64. The van der Waals surface area contributed by atoms with Crippen LogP contribution in [0.4, 0.5) is 10.1 Å². The molecule has 1 aromatic carbocycles. The Balaban J connectivity index is 2.18. The summed E-state index contributed by atoms with van der Waals surface area (Å²) in [5.74, 6) is -0.507. The number of anilines is 1. The molecule has 0 aromatic heterocycles. The predicted octanol–water partition coefficient (Wildman–Crippen LogP) is 2.81. The van der Waals surface area contributed by atoms with Crippen LogP contribution in [-0.2, 0) is 4.79 Å². The van der Waals surface area contributed by atoms with Gasteiger partial charge in [0.2, 0.25) is 5.91 Å². The van der Waals surface area contributed by atoms with Gasteiger partial charge in [0.25, 0.3) is 0 Å². The van der Waals surface area contributed by atoms with Crippen molar-refractivity contribution in [2.75, 3.05) is 18.4 Å². The highest BCUT2D eigenvalue weighted by molar-refractivity contribution is 6.33. The molecule has 1 aliphatic rings.